The van der Waals surface area contributed by atoms with Gasteiger partial charge in [-0.3, -0.25) is 0 Å². The molecule has 1 aromatic carbocycles. The average Bonchev–Trinajstić information content (AvgIpc) is 2.13. The molecule has 1 rings (SSSR count). The lowest BCUT2D eigenvalue weighted by Gasteiger charge is -2.06. The third-order valence-corrected chi connectivity index (χ3v) is 2.48. The van der Waals surface area contributed by atoms with Gasteiger partial charge in [0.1, 0.15) is 11.6 Å². The summed E-state index contributed by atoms with van der Waals surface area (Å²) in [6, 6.07) is 3.66. The third-order valence-electron chi connectivity index (χ3n) is 2.48. The number of carbonyl (C=O) groups is 1. The van der Waals surface area contributed by atoms with Crippen LogP contribution >= 0.6 is 0 Å². The van der Waals surface area contributed by atoms with Crippen LogP contribution in [0, 0.1) is 19.7 Å². The number of Topliss-reactive ketones (excluding diaryl/α,β-unsaturated/α-hetero) is 1. The summed E-state index contributed by atoms with van der Waals surface area (Å²) in [5.41, 5.74) is 2.28. The normalized spacial score (nSPS) is 10.3. The van der Waals surface area contributed by atoms with E-state index in [1.165, 1.54) is 6.92 Å². The second-order valence-electron chi connectivity index (χ2n) is 3.68. The lowest BCUT2D eigenvalue weighted by molar-refractivity contribution is -0.116. The number of rotatable bonds is 3. The maximum atomic E-state index is 13.6. The quantitative estimate of drug-likeness (QED) is 0.723. The van der Waals surface area contributed by atoms with Crippen molar-refractivity contribution in [1.29, 1.82) is 0 Å². The minimum absolute atomic E-state index is 0.0997. The highest BCUT2D eigenvalue weighted by Gasteiger charge is 2.07. The van der Waals surface area contributed by atoms with E-state index in [1.807, 2.05) is 13.0 Å². The summed E-state index contributed by atoms with van der Waals surface area (Å²) >= 11 is 0. The molecule has 0 spiro atoms. The zero-order valence-corrected chi connectivity index (χ0v) is 8.86. The number of halogens is 1. The Balaban J connectivity index is 2.88. The summed E-state index contributed by atoms with van der Waals surface area (Å²) in [6.45, 7) is 5.17. The lowest BCUT2D eigenvalue weighted by Crippen LogP contribution is -1.99. The molecule has 0 heterocycles. The molecule has 1 nitrogen and oxygen atoms in total. The molecule has 0 amide bonds. The van der Waals surface area contributed by atoms with Crippen LogP contribution in [0.15, 0.2) is 12.1 Å². The lowest BCUT2D eigenvalue weighted by atomic mass is 10.0. The first kappa shape index (κ1) is 10.9. The van der Waals surface area contributed by atoms with Crippen LogP contribution in [0.25, 0.3) is 0 Å². The second kappa shape index (κ2) is 4.36. The molecule has 0 aliphatic carbocycles. The number of hydrogen-bond acceptors (Lipinski definition) is 1. The van der Waals surface area contributed by atoms with Crippen molar-refractivity contribution in [3.63, 3.8) is 0 Å². The predicted molar refractivity (Wildman–Crippen MR) is 54.9 cm³/mol. The molecule has 0 radical (unpaired) electrons. The van der Waals surface area contributed by atoms with Gasteiger partial charge in [0.25, 0.3) is 0 Å². The minimum atomic E-state index is -0.161. The third kappa shape index (κ3) is 2.41. The Labute approximate surface area is 83.9 Å². The summed E-state index contributed by atoms with van der Waals surface area (Å²) in [6.07, 6.45) is 0.918. The van der Waals surface area contributed by atoms with Crippen LogP contribution < -0.4 is 0 Å². The van der Waals surface area contributed by atoms with Gasteiger partial charge in [-0.05, 0) is 43.9 Å². The van der Waals surface area contributed by atoms with Crippen LogP contribution in [0.4, 0.5) is 4.39 Å². The molecule has 2 heteroatoms. The summed E-state index contributed by atoms with van der Waals surface area (Å²) in [4.78, 5) is 10.8. The van der Waals surface area contributed by atoms with Gasteiger partial charge in [0.05, 0.1) is 0 Å². The molecule has 76 valence electrons. The molecular formula is C12H15FO. The Morgan fingerprint density at radius 2 is 2.00 bits per heavy atom. The smallest absolute Gasteiger partial charge is 0.130 e. The van der Waals surface area contributed by atoms with Crippen molar-refractivity contribution < 1.29 is 9.18 Å². The van der Waals surface area contributed by atoms with E-state index < -0.39 is 0 Å². The van der Waals surface area contributed by atoms with Gasteiger partial charge in [0.2, 0.25) is 0 Å². The number of ketones is 1. The summed E-state index contributed by atoms with van der Waals surface area (Å²) in [5, 5.41) is 0. The van der Waals surface area contributed by atoms with E-state index in [0.717, 1.165) is 5.56 Å². The molecule has 0 unspecified atom stereocenters. The molecule has 0 bridgehead atoms. The SMILES string of the molecule is CC(=O)CCc1ccc(C)c(C)c1F. The van der Waals surface area contributed by atoms with E-state index in [4.69, 9.17) is 0 Å². The Hall–Kier alpha value is -1.18. The first-order chi connectivity index (χ1) is 6.52. The van der Waals surface area contributed by atoms with Crippen LogP contribution in [0.2, 0.25) is 0 Å². The van der Waals surface area contributed by atoms with E-state index >= 15 is 0 Å². The highest BCUT2D eigenvalue weighted by molar-refractivity contribution is 5.75. The number of aryl methyl sites for hydroxylation is 2. The monoisotopic (exact) mass is 194 g/mol. The first-order valence-corrected chi connectivity index (χ1v) is 4.76. The fourth-order valence-corrected chi connectivity index (χ4v) is 1.34. The molecule has 0 aliphatic rings. The highest BCUT2D eigenvalue weighted by Crippen LogP contribution is 2.17. The minimum Gasteiger partial charge on any atom is -0.300 e. The van der Waals surface area contributed by atoms with E-state index in [1.54, 1.807) is 13.0 Å². The molecule has 0 saturated heterocycles. The summed E-state index contributed by atoms with van der Waals surface area (Å²) in [7, 11) is 0. The number of benzene rings is 1. The number of hydrogen-bond donors (Lipinski definition) is 0. The van der Waals surface area contributed by atoms with Gasteiger partial charge >= 0.3 is 0 Å². The van der Waals surface area contributed by atoms with Gasteiger partial charge in [-0.2, -0.15) is 0 Å². The molecule has 1 aromatic rings. The molecule has 0 N–H and O–H groups in total. The topological polar surface area (TPSA) is 17.1 Å². The highest BCUT2D eigenvalue weighted by atomic mass is 19.1. The van der Waals surface area contributed by atoms with Gasteiger partial charge in [-0.1, -0.05) is 12.1 Å². The Morgan fingerprint density at radius 1 is 1.36 bits per heavy atom. The average molecular weight is 194 g/mol. The molecule has 0 saturated carbocycles. The first-order valence-electron chi connectivity index (χ1n) is 4.76. The van der Waals surface area contributed by atoms with Crippen molar-refractivity contribution >= 4 is 5.78 Å². The molecular weight excluding hydrogens is 179 g/mol. The zero-order valence-electron chi connectivity index (χ0n) is 8.86. The maximum Gasteiger partial charge on any atom is 0.130 e. The van der Waals surface area contributed by atoms with Gasteiger partial charge in [0, 0.05) is 6.42 Å². The zero-order chi connectivity index (χ0) is 10.7. The predicted octanol–water partition coefficient (Wildman–Crippen LogP) is 2.96. The fraction of sp³-hybridized carbons (Fsp3) is 0.417. The van der Waals surface area contributed by atoms with E-state index in [-0.39, 0.29) is 11.6 Å². The van der Waals surface area contributed by atoms with Crippen molar-refractivity contribution in [1.82, 2.24) is 0 Å². The fourth-order valence-electron chi connectivity index (χ4n) is 1.34. The molecule has 0 aromatic heterocycles. The van der Waals surface area contributed by atoms with Gasteiger partial charge < -0.3 is 4.79 Å². The molecule has 0 atom stereocenters. The van der Waals surface area contributed by atoms with E-state index in [0.29, 0.717) is 24.0 Å². The largest absolute Gasteiger partial charge is 0.300 e. The summed E-state index contributed by atoms with van der Waals surface area (Å²) < 4.78 is 13.6. The van der Waals surface area contributed by atoms with Crippen LogP contribution in [0.3, 0.4) is 0 Å². The molecule has 0 aliphatic heterocycles. The van der Waals surface area contributed by atoms with Crippen molar-refractivity contribution in [2.24, 2.45) is 0 Å². The Morgan fingerprint density at radius 3 is 2.57 bits per heavy atom. The van der Waals surface area contributed by atoms with Crippen LogP contribution in [-0.4, -0.2) is 5.78 Å². The van der Waals surface area contributed by atoms with Crippen molar-refractivity contribution in [2.45, 2.75) is 33.6 Å². The second-order valence-corrected chi connectivity index (χ2v) is 3.68. The standard InChI is InChI=1S/C12H15FO/c1-8-4-6-11(7-5-9(2)14)12(13)10(8)3/h4,6H,5,7H2,1-3H3. The van der Waals surface area contributed by atoms with E-state index in [2.05, 4.69) is 0 Å². The maximum absolute atomic E-state index is 13.6. The van der Waals surface area contributed by atoms with Gasteiger partial charge in [0.15, 0.2) is 0 Å². The van der Waals surface area contributed by atoms with Crippen LogP contribution in [-0.2, 0) is 11.2 Å². The summed E-state index contributed by atoms with van der Waals surface area (Å²) in [5.74, 6) is -0.0612. The molecule has 14 heavy (non-hydrogen) atoms. The Kier molecular flexibility index (Phi) is 3.39. The molecule has 0 fully saturated rings. The van der Waals surface area contributed by atoms with Crippen molar-refractivity contribution in [2.75, 3.05) is 0 Å². The van der Waals surface area contributed by atoms with Gasteiger partial charge in [-0.15, -0.1) is 0 Å². The van der Waals surface area contributed by atoms with Crippen molar-refractivity contribution in [3.8, 4) is 0 Å². The van der Waals surface area contributed by atoms with Crippen LogP contribution in [0.5, 0.6) is 0 Å². The van der Waals surface area contributed by atoms with Crippen LogP contribution in [0.1, 0.15) is 30.0 Å². The number of carbonyl (C=O) groups excluding carboxylic acids is 1. The van der Waals surface area contributed by atoms with E-state index in [9.17, 15) is 9.18 Å². The van der Waals surface area contributed by atoms with Crippen molar-refractivity contribution in [3.05, 3.63) is 34.6 Å². The van der Waals surface area contributed by atoms with Gasteiger partial charge in [-0.25, -0.2) is 4.39 Å². The Bertz CT molecular complexity index is 356.